The van der Waals surface area contributed by atoms with Crippen LogP contribution in [0.15, 0.2) is 39.3 Å². The number of benzene rings is 1. The van der Waals surface area contributed by atoms with E-state index in [9.17, 15) is 0 Å². The predicted molar refractivity (Wildman–Crippen MR) is 84.5 cm³/mol. The number of aryl methyl sites for hydroxylation is 1. The second-order valence-corrected chi connectivity index (χ2v) is 5.76. The second kappa shape index (κ2) is 6.01. The summed E-state index contributed by atoms with van der Waals surface area (Å²) < 4.78 is 21.6. The molecule has 3 aromatic rings. The maximum atomic E-state index is 5.57. The highest BCUT2D eigenvalue weighted by atomic mass is 16.7. The molecule has 0 N–H and O–H groups in total. The van der Waals surface area contributed by atoms with Gasteiger partial charge in [-0.2, -0.15) is 4.98 Å². The minimum absolute atomic E-state index is 0.243. The van der Waals surface area contributed by atoms with Crippen molar-refractivity contribution in [3.63, 3.8) is 0 Å². The fraction of sp³-hybridized carbons (Fsp3) is 0.294. The van der Waals surface area contributed by atoms with E-state index in [0.717, 1.165) is 22.8 Å². The average Bonchev–Trinajstić information content (AvgIpc) is 3.27. The number of hydrogen-bond acceptors (Lipinski definition) is 7. The first-order valence-corrected chi connectivity index (χ1v) is 7.64. The average molecular weight is 327 g/mol. The second-order valence-electron chi connectivity index (χ2n) is 5.76. The van der Waals surface area contributed by atoms with Crippen LogP contribution >= 0.6 is 0 Å². The van der Waals surface area contributed by atoms with Crippen molar-refractivity contribution >= 4 is 0 Å². The quantitative estimate of drug-likeness (QED) is 0.713. The van der Waals surface area contributed by atoms with Crippen molar-refractivity contribution in [3.8, 4) is 22.9 Å². The Morgan fingerprint density at radius 3 is 2.79 bits per heavy atom. The molecule has 0 saturated carbocycles. The maximum absolute atomic E-state index is 5.57. The molecular weight excluding hydrogens is 310 g/mol. The van der Waals surface area contributed by atoms with Gasteiger partial charge in [0.1, 0.15) is 11.5 Å². The summed E-state index contributed by atoms with van der Waals surface area (Å²) in [7, 11) is 1.97. The van der Waals surface area contributed by atoms with Gasteiger partial charge >= 0.3 is 0 Å². The van der Waals surface area contributed by atoms with E-state index < -0.39 is 0 Å². The number of furan rings is 1. The topological polar surface area (TPSA) is 73.8 Å². The van der Waals surface area contributed by atoms with Crippen molar-refractivity contribution in [2.75, 3.05) is 13.8 Å². The van der Waals surface area contributed by atoms with Crippen LogP contribution in [0.4, 0.5) is 0 Å². The summed E-state index contributed by atoms with van der Waals surface area (Å²) in [6, 6.07) is 9.51. The number of nitrogens with zero attached hydrogens (tertiary/aromatic N) is 3. The molecule has 4 rings (SSSR count). The monoisotopic (exact) mass is 327 g/mol. The molecule has 124 valence electrons. The van der Waals surface area contributed by atoms with Crippen molar-refractivity contribution in [2.24, 2.45) is 0 Å². The SMILES string of the molecule is Cc1ccc(CN(C)Cc2nc(-c3ccc4c(c3)OCO4)no2)o1. The Bertz CT molecular complexity index is 855. The van der Waals surface area contributed by atoms with E-state index in [0.29, 0.717) is 30.6 Å². The Morgan fingerprint density at radius 1 is 1.08 bits per heavy atom. The summed E-state index contributed by atoms with van der Waals surface area (Å²) >= 11 is 0. The van der Waals surface area contributed by atoms with Crippen LogP contribution in [0.5, 0.6) is 11.5 Å². The Balaban J connectivity index is 1.44. The molecule has 2 aromatic heterocycles. The molecule has 1 aliphatic heterocycles. The van der Waals surface area contributed by atoms with Gasteiger partial charge in [-0.15, -0.1) is 0 Å². The molecule has 0 amide bonds. The van der Waals surface area contributed by atoms with Crippen molar-refractivity contribution in [1.29, 1.82) is 0 Å². The molecule has 0 saturated heterocycles. The van der Waals surface area contributed by atoms with Gasteiger partial charge in [0.05, 0.1) is 13.1 Å². The minimum Gasteiger partial charge on any atom is -0.465 e. The Morgan fingerprint density at radius 2 is 1.96 bits per heavy atom. The van der Waals surface area contributed by atoms with Crippen molar-refractivity contribution in [2.45, 2.75) is 20.0 Å². The lowest BCUT2D eigenvalue weighted by atomic mass is 10.2. The van der Waals surface area contributed by atoms with E-state index in [1.54, 1.807) is 0 Å². The van der Waals surface area contributed by atoms with E-state index in [4.69, 9.17) is 18.4 Å². The van der Waals surface area contributed by atoms with Gasteiger partial charge in [-0.1, -0.05) is 5.16 Å². The minimum atomic E-state index is 0.243. The zero-order valence-electron chi connectivity index (χ0n) is 13.5. The van der Waals surface area contributed by atoms with Crippen LogP contribution in [-0.2, 0) is 13.1 Å². The number of fused-ring (bicyclic) bond motifs is 1. The van der Waals surface area contributed by atoms with Crippen molar-refractivity contribution in [3.05, 3.63) is 47.7 Å². The van der Waals surface area contributed by atoms with Crippen LogP contribution in [-0.4, -0.2) is 28.9 Å². The van der Waals surface area contributed by atoms with Gasteiger partial charge in [-0.3, -0.25) is 4.90 Å². The Hall–Kier alpha value is -2.80. The molecule has 7 heteroatoms. The fourth-order valence-corrected chi connectivity index (χ4v) is 2.59. The van der Waals surface area contributed by atoms with Crippen molar-refractivity contribution in [1.82, 2.24) is 15.0 Å². The highest BCUT2D eigenvalue weighted by Gasteiger charge is 2.17. The molecule has 0 aliphatic carbocycles. The summed E-state index contributed by atoms with van der Waals surface area (Å²) in [4.78, 5) is 6.50. The van der Waals surface area contributed by atoms with E-state index in [2.05, 4.69) is 15.0 Å². The van der Waals surface area contributed by atoms with E-state index in [1.165, 1.54) is 0 Å². The third-order valence-electron chi connectivity index (χ3n) is 3.73. The fourth-order valence-electron chi connectivity index (χ4n) is 2.59. The lowest BCUT2D eigenvalue weighted by Crippen LogP contribution is -2.17. The largest absolute Gasteiger partial charge is 0.465 e. The number of hydrogen-bond donors (Lipinski definition) is 0. The molecule has 7 nitrogen and oxygen atoms in total. The van der Waals surface area contributed by atoms with Crippen LogP contribution in [0, 0.1) is 6.92 Å². The molecule has 0 spiro atoms. The summed E-state index contributed by atoms with van der Waals surface area (Å²) in [5, 5.41) is 4.04. The first-order chi connectivity index (χ1) is 11.7. The third kappa shape index (κ3) is 2.98. The molecule has 3 heterocycles. The highest BCUT2D eigenvalue weighted by molar-refractivity contribution is 5.61. The zero-order chi connectivity index (χ0) is 16.5. The Labute approximate surface area is 138 Å². The Kier molecular flexibility index (Phi) is 3.70. The molecule has 0 radical (unpaired) electrons. The summed E-state index contributed by atoms with van der Waals surface area (Å²) in [6.45, 7) is 3.39. The van der Waals surface area contributed by atoms with Crippen LogP contribution in [0.3, 0.4) is 0 Å². The lowest BCUT2D eigenvalue weighted by Gasteiger charge is -2.11. The third-order valence-corrected chi connectivity index (χ3v) is 3.73. The summed E-state index contributed by atoms with van der Waals surface area (Å²) in [5.41, 5.74) is 0.832. The van der Waals surface area contributed by atoms with Crippen LogP contribution < -0.4 is 9.47 Å². The number of aromatic nitrogens is 2. The molecular formula is C17H17N3O4. The molecule has 0 unspecified atom stereocenters. The first kappa shape index (κ1) is 14.8. The standard InChI is InChI=1S/C17H17N3O4/c1-11-3-5-13(23-11)8-20(2)9-16-18-17(19-24-16)12-4-6-14-15(7-12)22-10-21-14/h3-7H,8-10H2,1-2H3. The molecule has 0 atom stereocenters. The van der Waals surface area contributed by atoms with Crippen LogP contribution in [0.25, 0.3) is 11.4 Å². The van der Waals surface area contributed by atoms with Crippen LogP contribution in [0.1, 0.15) is 17.4 Å². The zero-order valence-corrected chi connectivity index (χ0v) is 13.5. The predicted octanol–water partition coefficient (Wildman–Crippen LogP) is 3.00. The number of ether oxygens (including phenoxy) is 2. The normalized spacial score (nSPS) is 13.0. The lowest BCUT2D eigenvalue weighted by molar-refractivity contribution is 0.174. The van der Waals surface area contributed by atoms with Gasteiger partial charge in [0, 0.05) is 5.56 Å². The summed E-state index contributed by atoms with van der Waals surface area (Å²) in [6.07, 6.45) is 0. The number of rotatable bonds is 5. The van der Waals surface area contributed by atoms with Gasteiger partial charge in [-0.05, 0) is 44.3 Å². The van der Waals surface area contributed by atoms with Gasteiger partial charge in [0.2, 0.25) is 18.5 Å². The molecule has 0 bridgehead atoms. The maximum Gasteiger partial charge on any atom is 0.241 e. The van der Waals surface area contributed by atoms with Crippen LogP contribution in [0.2, 0.25) is 0 Å². The molecule has 24 heavy (non-hydrogen) atoms. The molecule has 0 fully saturated rings. The van der Waals surface area contributed by atoms with Gasteiger partial charge in [0.25, 0.3) is 0 Å². The van der Waals surface area contributed by atoms with E-state index in [1.807, 2.05) is 44.3 Å². The molecule has 1 aliphatic rings. The van der Waals surface area contributed by atoms with E-state index in [-0.39, 0.29) is 6.79 Å². The van der Waals surface area contributed by atoms with Gasteiger partial charge < -0.3 is 18.4 Å². The van der Waals surface area contributed by atoms with E-state index >= 15 is 0 Å². The van der Waals surface area contributed by atoms with Gasteiger partial charge in [0.15, 0.2) is 11.5 Å². The smallest absolute Gasteiger partial charge is 0.241 e. The molecule has 1 aromatic carbocycles. The highest BCUT2D eigenvalue weighted by Crippen LogP contribution is 2.35. The van der Waals surface area contributed by atoms with Crippen molar-refractivity contribution < 1.29 is 18.4 Å². The first-order valence-electron chi connectivity index (χ1n) is 7.64. The summed E-state index contributed by atoms with van der Waals surface area (Å²) in [5.74, 6) is 4.32. The van der Waals surface area contributed by atoms with Gasteiger partial charge in [-0.25, -0.2) is 0 Å².